The molecule has 1 aliphatic heterocycles. The van der Waals surface area contributed by atoms with E-state index >= 15 is 0 Å². The van der Waals surface area contributed by atoms with Crippen LogP contribution in [0.2, 0.25) is 0 Å². The summed E-state index contributed by atoms with van der Waals surface area (Å²) in [5, 5.41) is 5.96. The molecule has 2 nitrogen and oxygen atoms in total. The van der Waals surface area contributed by atoms with E-state index in [2.05, 4.69) is 71.1 Å². The molecule has 0 aliphatic carbocycles. The minimum atomic E-state index is 0.909. The van der Waals surface area contributed by atoms with E-state index in [-0.39, 0.29) is 0 Å². The molecule has 2 aromatic carbocycles. The number of fused-ring (bicyclic) bond motifs is 2. The van der Waals surface area contributed by atoms with Crippen molar-refractivity contribution in [2.75, 3.05) is 11.9 Å². The van der Waals surface area contributed by atoms with Crippen LogP contribution in [-0.2, 0) is 0 Å². The summed E-state index contributed by atoms with van der Waals surface area (Å²) >= 11 is 0. The summed E-state index contributed by atoms with van der Waals surface area (Å²) in [6, 6.07) is 6.65. The van der Waals surface area contributed by atoms with Crippen LogP contribution in [-0.4, -0.2) is 6.54 Å². The first-order valence-electron chi connectivity index (χ1n) is 8.85. The zero-order valence-corrected chi connectivity index (χ0v) is 15.6. The molecule has 24 heavy (non-hydrogen) atoms. The lowest BCUT2D eigenvalue weighted by molar-refractivity contribution is 0.467. The van der Waals surface area contributed by atoms with Gasteiger partial charge in [0, 0.05) is 29.1 Å². The number of benzene rings is 2. The SMILES string of the molecule is CC/C=c1\c(C)cc2c(c1C)Oc1cc(NCC)c(C)cc1C=2C. The van der Waals surface area contributed by atoms with Crippen LogP contribution >= 0.6 is 0 Å². The van der Waals surface area contributed by atoms with Gasteiger partial charge in [0.1, 0.15) is 11.5 Å². The molecule has 0 aromatic heterocycles. The average molecular weight is 321 g/mol. The van der Waals surface area contributed by atoms with Crippen LogP contribution in [0.25, 0.3) is 11.6 Å². The van der Waals surface area contributed by atoms with E-state index in [1.165, 1.54) is 38.3 Å². The Kier molecular flexibility index (Phi) is 4.40. The highest BCUT2D eigenvalue weighted by Gasteiger charge is 2.20. The Bertz CT molecular complexity index is 922. The lowest BCUT2D eigenvalue weighted by Crippen LogP contribution is -2.24. The molecule has 0 spiro atoms. The Morgan fingerprint density at radius 2 is 1.75 bits per heavy atom. The monoisotopic (exact) mass is 321 g/mol. The van der Waals surface area contributed by atoms with E-state index in [1.54, 1.807) is 0 Å². The van der Waals surface area contributed by atoms with Gasteiger partial charge in [0.05, 0.1) is 0 Å². The molecule has 126 valence electrons. The minimum Gasteiger partial charge on any atom is -0.456 e. The van der Waals surface area contributed by atoms with E-state index in [0.29, 0.717) is 0 Å². The fourth-order valence-corrected chi connectivity index (χ4v) is 3.61. The third kappa shape index (κ3) is 2.60. The van der Waals surface area contributed by atoms with Crippen LogP contribution in [0.1, 0.15) is 49.4 Å². The molecule has 0 atom stereocenters. The van der Waals surface area contributed by atoms with Gasteiger partial charge in [-0.3, -0.25) is 0 Å². The maximum absolute atomic E-state index is 6.38. The van der Waals surface area contributed by atoms with Crippen LogP contribution in [0.4, 0.5) is 5.69 Å². The van der Waals surface area contributed by atoms with Gasteiger partial charge >= 0.3 is 0 Å². The second-order valence-corrected chi connectivity index (χ2v) is 6.64. The first kappa shape index (κ1) is 16.6. The van der Waals surface area contributed by atoms with E-state index in [0.717, 1.165) is 30.2 Å². The molecule has 3 rings (SSSR count). The summed E-state index contributed by atoms with van der Waals surface area (Å²) in [5.41, 5.74) is 7.46. The predicted octanol–water partition coefficient (Wildman–Crippen LogP) is 4.56. The minimum absolute atomic E-state index is 0.909. The number of hydrogen-bond acceptors (Lipinski definition) is 2. The van der Waals surface area contributed by atoms with Gasteiger partial charge in [0.15, 0.2) is 0 Å². The molecule has 0 saturated carbocycles. The van der Waals surface area contributed by atoms with Crippen LogP contribution < -0.4 is 20.5 Å². The lowest BCUT2D eigenvalue weighted by atomic mass is 9.94. The van der Waals surface area contributed by atoms with Gasteiger partial charge in [-0.15, -0.1) is 0 Å². The second-order valence-electron chi connectivity index (χ2n) is 6.64. The Hall–Kier alpha value is -2.22. The Morgan fingerprint density at radius 1 is 1.00 bits per heavy atom. The van der Waals surface area contributed by atoms with E-state index in [9.17, 15) is 0 Å². The standard InChI is InChI=1S/C22H27NO/c1-7-9-17-13(3)10-19-15(5)18-11-14(4)20(23-8-2)12-21(18)24-22(19)16(17)6/h9-12,23H,7-8H2,1-6H3/b17-9+. The van der Waals surface area contributed by atoms with Crippen molar-refractivity contribution < 1.29 is 4.74 Å². The summed E-state index contributed by atoms with van der Waals surface area (Å²) in [5.74, 6) is 1.97. The van der Waals surface area contributed by atoms with Crippen molar-refractivity contribution in [3.8, 4) is 11.5 Å². The van der Waals surface area contributed by atoms with Crippen LogP contribution in [0.5, 0.6) is 11.5 Å². The summed E-state index contributed by atoms with van der Waals surface area (Å²) in [6.45, 7) is 13.9. The molecule has 2 aromatic rings. The zero-order valence-electron chi connectivity index (χ0n) is 15.6. The van der Waals surface area contributed by atoms with E-state index in [1.807, 2.05) is 0 Å². The molecule has 2 heteroatoms. The fourth-order valence-electron chi connectivity index (χ4n) is 3.61. The van der Waals surface area contributed by atoms with Crippen molar-refractivity contribution in [2.24, 2.45) is 0 Å². The highest BCUT2D eigenvalue weighted by atomic mass is 16.5. The molecular weight excluding hydrogens is 294 g/mol. The Balaban J connectivity index is 2.31. The number of aryl methyl sites for hydroxylation is 2. The molecule has 0 radical (unpaired) electrons. The van der Waals surface area contributed by atoms with Crippen molar-refractivity contribution in [3.05, 3.63) is 50.9 Å². The van der Waals surface area contributed by atoms with Gasteiger partial charge in [-0.05, 0) is 80.7 Å². The lowest BCUT2D eigenvalue weighted by Gasteiger charge is -2.23. The van der Waals surface area contributed by atoms with Crippen molar-refractivity contribution >= 4 is 17.3 Å². The fraction of sp³-hybridized carbons (Fsp3) is 0.364. The van der Waals surface area contributed by atoms with Gasteiger partial charge in [-0.25, -0.2) is 0 Å². The van der Waals surface area contributed by atoms with Crippen molar-refractivity contribution in [2.45, 2.75) is 48.0 Å². The number of hydrogen-bond donors (Lipinski definition) is 1. The smallest absolute Gasteiger partial charge is 0.138 e. The van der Waals surface area contributed by atoms with Crippen molar-refractivity contribution in [1.29, 1.82) is 0 Å². The van der Waals surface area contributed by atoms with Gasteiger partial charge in [0.25, 0.3) is 0 Å². The van der Waals surface area contributed by atoms with Crippen molar-refractivity contribution in [3.63, 3.8) is 0 Å². The molecular formula is C22H27NO. The maximum atomic E-state index is 6.38. The second kappa shape index (κ2) is 6.35. The maximum Gasteiger partial charge on any atom is 0.138 e. The zero-order chi connectivity index (χ0) is 17.4. The van der Waals surface area contributed by atoms with Gasteiger partial charge in [-0.1, -0.05) is 13.0 Å². The normalized spacial score (nSPS) is 13.4. The van der Waals surface area contributed by atoms with Crippen LogP contribution in [0.15, 0.2) is 18.2 Å². The van der Waals surface area contributed by atoms with E-state index in [4.69, 9.17) is 4.74 Å². The quantitative estimate of drug-likeness (QED) is 0.895. The summed E-state index contributed by atoms with van der Waals surface area (Å²) < 4.78 is 6.38. The van der Waals surface area contributed by atoms with Gasteiger partial charge in [-0.2, -0.15) is 0 Å². The van der Waals surface area contributed by atoms with Crippen LogP contribution in [0.3, 0.4) is 0 Å². The third-order valence-corrected chi connectivity index (χ3v) is 4.90. The number of rotatable bonds is 3. The topological polar surface area (TPSA) is 21.3 Å². The third-order valence-electron chi connectivity index (χ3n) is 4.90. The molecule has 0 fully saturated rings. The number of nitrogens with one attached hydrogen (secondary N) is 1. The first-order chi connectivity index (χ1) is 11.5. The summed E-state index contributed by atoms with van der Waals surface area (Å²) in [4.78, 5) is 0. The molecule has 1 N–H and O–H groups in total. The number of anilines is 1. The largest absolute Gasteiger partial charge is 0.456 e. The highest BCUT2D eigenvalue weighted by Crippen LogP contribution is 2.37. The molecule has 0 bridgehead atoms. The van der Waals surface area contributed by atoms with Gasteiger partial charge in [0.2, 0.25) is 0 Å². The summed E-state index contributed by atoms with van der Waals surface area (Å²) in [7, 11) is 0. The molecule has 1 aliphatic rings. The molecule has 0 saturated heterocycles. The Labute approximate surface area is 144 Å². The molecule has 0 unspecified atom stereocenters. The average Bonchev–Trinajstić information content (AvgIpc) is 2.55. The van der Waals surface area contributed by atoms with Crippen LogP contribution in [0, 0.1) is 20.8 Å². The predicted molar refractivity (Wildman–Crippen MR) is 104 cm³/mol. The molecule has 0 amide bonds. The number of ether oxygens (including phenoxy) is 1. The highest BCUT2D eigenvalue weighted by molar-refractivity contribution is 5.77. The first-order valence-corrected chi connectivity index (χ1v) is 8.85. The molecule has 1 heterocycles. The van der Waals surface area contributed by atoms with E-state index < -0.39 is 0 Å². The Morgan fingerprint density at radius 3 is 2.42 bits per heavy atom. The van der Waals surface area contributed by atoms with Gasteiger partial charge < -0.3 is 10.1 Å². The van der Waals surface area contributed by atoms with Crippen molar-refractivity contribution in [1.82, 2.24) is 0 Å². The summed E-state index contributed by atoms with van der Waals surface area (Å²) in [6.07, 6.45) is 3.32.